The number of carbonyl (C=O) groups is 3. The molecule has 8 nitrogen and oxygen atoms in total. The van der Waals surface area contributed by atoms with Gasteiger partial charge in [0.25, 0.3) is 0 Å². The van der Waals surface area contributed by atoms with Crippen molar-refractivity contribution in [3.8, 4) is 0 Å². The Morgan fingerprint density at radius 1 is 1.22 bits per heavy atom. The molecule has 0 unspecified atom stereocenters. The molecule has 2 saturated heterocycles. The van der Waals surface area contributed by atoms with Gasteiger partial charge in [0, 0.05) is 30.5 Å². The molecule has 0 spiro atoms. The normalized spacial score (nSPS) is 41.3. The van der Waals surface area contributed by atoms with E-state index in [-0.39, 0.29) is 24.7 Å². The molecule has 2 aliphatic heterocycles. The number of fused-ring (bicyclic) bond motifs is 1. The Kier molecular flexibility index (Phi) is 2.96. The number of nitrogens with zero attached hydrogens (tertiary/aromatic N) is 3. The summed E-state index contributed by atoms with van der Waals surface area (Å²) in [6.45, 7) is 0.606. The van der Waals surface area contributed by atoms with Gasteiger partial charge in [-0.3, -0.25) is 4.90 Å². The van der Waals surface area contributed by atoms with Gasteiger partial charge in [-0.15, -0.1) is 0 Å². The number of halogens is 1. The predicted molar refractivity (Wildman–Crippen MR) is 81.6 cm³/mol. The molecule has 2 heterocycles. The van der Waals surface area contributed by atoms with Gasteiger partial charge in [0.15, 0.2) is 6.04 Å². The topological polar surface area (TPSA) is 101 Å². The average Bonchev–Trinajstić information content (AvgIpc) is 2.73. The predicted octanol–water partition coefficient (Wildman–Crippen LogP) is 0.857. The van der Waals surface area contributed by atoms with E-state index in [2.05, 4.69) is 15.9 Å². The summed E-state index contributed by atoms with van der Waals surface area (Å²) in [7, 11) is 0. The van der Waals surface area contributed by atoms with Gasteiger partial charge < -0.3 is 20.0 Å². The van der Waals surface area contributed by atoms with Crippen LogP contribution >= 0.6 is 15.9 Å². The molecule has 0 aromatic carbocycles. The SMILES string of the molecule is O=C(O)[C@@H]1[C@H]2CN(C34CC(CBr)(C3)C4)C(=O)N2CCN1C(=O)O. The lowest BCUT2D eigenvalue weighted by Gasteiger charge is -2.73. The first kappa shape index (κ1) is 15.0. The number of piperazine rings is 1. The lowest BCUT2D eigenvalue weighted by molar-refractivity contribution is -0.184. The fourth-order valence-corrected chi connectivity index (χ4v) is 5.63. The molecule has 23 heavy (non-hydrogen) atoms. The Morgan fingerprint density at radius 3 is 2.39 bits per heavy atom. The van der Waals surface area contributed by atoms with Crippen molar-refractivity contribution in [3.05, 3.63) is 0 Å². The molecule has 5 aliphatic rings. The van der Waals surface area contributed by atoms with Crippen LogP contribution in [0, 0.1) is 5.41 Å². The molecule has 3 saturated carbocycles. The highest BCUT2D eigenvalue weighted by molar-refractivity contribution is 9.09. The molecule has 0 aromatic rings. The molecule has 126 valence electrons. The van der Waals surface area contributed by atoms with Crippen LogP contribution in [0.4, 0.5) is 9.59 Å². The van der Waals surface area contributed by atoms with E-state index in [1.54, 1.807) is 4.90 Å². The summed E-state index contributed by atoms with van der Waals surface area (Å²) in [6.07, 6.45) is 1.63. The Morgan fingerprint density at radius 2 is 1.87 bits per heavy atom. The maximum absolute atomic E-state index is 12.7. The van der Waals surface area contributed by atoms with Crippen molar-refractivity contribution in [1.29, 1.82) is 0 Å². The molecular formula is C14H18BrN3O5. The van der Waals surface area contributed by atoms with E-state index in [1.807, 2.05) is 4.90 Å². The third-order valence-corrected chi connectivity index (χ3v) is 7.19. The van der Waals surface area contributed by atoms with Gasteiger partial charge in [-0.2, -0.15) is 0 Å². The number of aliphatic carboxylic acids is 1. The minimum Gasteiger partial charge on any atom is -0.480 e. The van der Waals surface area contributed by atoms with E-state index in [4.69, 9.17) is 0 Å². The highest BCUT2D eigenvalue weighted by atomic mass is 79.9. The number of hydrogen-bond acceptors (Lipinski definition) is 3. The van der Waals surface area contributed by atoms with Gasteiger partial charge in [-0.25, -0.2) is 14.4 Å². The van der Waals surface area contributed by atoms with Gasteiger partial charge >= 0.3 is 18.1 Å². The van der Waals surface area contributed by atoms with Crippen LogP contribution in [-0.2, 0) is 4.79 Å². The van der Waals surface area contributed by atoms with Crippen molar-refractivity contribution in [2.75, 3.05) is 25.0 Å². The van der Waals surface area contributed by atoms with Crippen molar-refractivity contribution in [1.82, 2.24) is 14.7 Å². The lowest BCUT2D eigenvalue weighted by atomic mass is 9.39. The van der Waals surface area contributed by atoms with E-state index in [1.165, 1.54) is 0 Å². The number of carboxylic acids is 1. The van der Waals surface area contributed by atoms with Crippen LogP contribution in [0.5, 0.6) is 0 Å². The fraction of sp³-hybridized carbons (Fsp3) is 0.786. The highest BCUT2D eigenvalue weighted by Crippen LogP contribution is 2.71. The van der Waals surface area contributed by atoms with Crippen LogP contribution in [0.1, 0.15) is 19.3 Å². The van der Waals surface area contributed by atoms with Crippen molar-refractivity contribution < 1.29 is 24.6 Å². The summed E-state index contributed by atoms with van der Waals surface area (Å²) in [4.78, 5) is 39.9. The van der Waals surface area contributed by atoms with Gasteiger partial charge in [0.1, 0.15) is 0 Å². The molecule has 2 bridgehead atoms. The summed E-state index contributed by atoms with van der Waals surface area (Å²) in [5.41, 5.74) is 0.183. The van der Waals surface area contributed by atoms with E-state index < -0.39 is 24.1 Å². The van der Waals surface area contributed by atoms with Gasteiger partial charge in [0.05, 0.1) is 6.04 Å². The van der Waals surface area contributed by atoms with Crippen LogP contribution in [0.2, 0.25) is 0 Å². The number of amides is 3. The quantitative estimate of drug-likeness (QED) is 0.699. The molecule has 9 heteroatoms. The maximum atomic E-state index is 12.7. The Hall–Kier alpha value is -1.51. The minimum absolute atomic E-state index is 0.0424. The van der Waals surface area contributed by atoms with Crippen molar-refractivity contribution in [2.45, 2.75) is 36.9 Å². The third kappa shape index (κ3) is 1.79. The summed E-state index contributed by atoms with van der Waals surface area (Å²) >= 11 is 3.52. The van der Waals surface area contributed by atoms with Crippen LogP contribution < -0.4 is 0 Å². The zero-order valence-electron chi connectivity index (χ0n) is 12.4. The number of carbonyl (C=O) groups excluding carboxylic acids is 1. The van der Waals surface area contributed by atoms with E-state index >= 15 is 0 Å². The zero-order chi connectivity index (χ0) is 16.6. The summed E-state index contributed by atoms with van der Waals surface area (Å²) in [6, 6.07) is -1.92. The van der Waals surface area contributed by atoms with Gasteiger partial charge in [-0.1, -0.05) is 15.9 Å². The fourth-order valence-electron chi connectivity index (χ4n) is 5.03. The summed E-state index contributed by atoms with van der Waals surface area (Å²) < 4.78 is 0. The first-order chi connectivity index (χ1) is 10.8. The second-order valence-electron chi connectivity index (χ2n) is 7.30. The number of carboxylic acid groups (broad SMARTS) is 2. The van der Waals surface area contributed by atoms with Crippen molar-refractivity contribution >= 4 is 34.0 Å². The number of rotatable bonds is 3. The molecule has 0 aromatic heterocycles. The molecule has 3 amide bonds. The van der Waals surface area contributed by atoms with Gasteiger partial charge in [0.2, 0.25) is 0 Å². The molecule has 5 rings (SSSR count). The van der Waals surface area contributed by atoms with E-state index in [0.29, 0.717) is 12.0 Å². The minimum atomic E-state index is -1.24. The van der Waals surface area contributed by atoms with Crippen molar-refractivity contribution in [2.24, 2.45) is 5.41 Å². The number of hydrogen-bond donors (Lipinski definition) is 2. The monoisotopic (exact) mass is 387 g/mol. The van der Waals surface area contributed by atoms with E-state index in [0.717, 1.165) is 29.5 Å². The lowest BCUT2D eigenvalue weighted by Crippen LogP contribution is -2.75. The highest BCUT2D eigenvalue weighted by Gasteiger charge is 2.72. The standard InChI is InChI=1S/C14H18BrN3O5/c15-7-13-4-14(5-13,6-13)18-3-8-9(10(19)20)17(12(22)23)2-1-16(8)11(18)21/h8-9H,1-7H2,(H,19,20)(H,22,23)/t8-,9+,13?,14?/m1/s1. The Labute approximate surface area is 141 Å². The molecule has 0 radical (unpaired) electrons. The van der Waals surface area contributed by atoms with Crippen LogP contribution in [0.15, 0.2) is 0 Å². The molecular weight excluding hydrogens is 370 g/mol. The number of urea groups is 1. The van der Waals surface area contributed by atoms with Crippen LogP contribution in [-0.4, -0.2) is 85.6 Å². The maximum Gasteiger partial charge on any atom is 0.408 e. The average molecular weight is 388 g/mol. The summed E-state index contributed by atoms with van der Waals surface area (Å²) in [5, 5.41) is 19.6. The number of alkyl halides is 1. The second kappa shape index (κ2) is 4.52. The third-order valence-electron chi connectivity index (χ3n) is 6.00. The molecule has 2 N–H and O–H groups in total. The Balaban J connectivity index is 1.57. The first-order valence-corrected chi connectivity index (χ1v) is 8.81. The Bertz CT molecular complexity index is 591. The van der Waals surface area contributed by atoms with E-state index in [9.17, 15) is 24.6 Å². The zero-order valence-corrected chi connectivity index (χ0v) is 14.0. The smallest absolute Gasteiger partial charge is 0.408 e. The molecule has 2 atom stereocenters. The summed E-state index contributed by atoms with van der Waals surface area (Å²) in [5.74, 6) is -1.19. The first-order valence-electron chi connectivity index (χ1n) is 7.69. The van der Waals surface area contributed by atoms with Crippen LogP contribution in [0.25, 0.3) is 0 Å². The largest absolute Gasteiger partial charge is 0.480 e. The molecule has 3 aliphatic carbocycles. The second-order valence-corrected chi connectivity index (χ2v) is 7.86. The van der Waals surface area contributed by atoms with Gasteiger partial charge in [-0.05, 0) is 24.7 Å². The van der Waals surface area contributed by atoms with Crippen LogP contribution in [0.3, 0.4) is 0 Å². The molecule has 5 fully saturated rings. The van der Waals surface area contributed by atoms with Crippen molar-refractivity contribution in [3.63, 3.8) is 0 Å².